The quantitative estimate of drug-likeness (QED) is 0.732. The summed E-state index contributed by atoms with van der Waals surface area (Å²) in [6.45, 7) is 1.97. The molecule has 102 valence electrons. The minimum atomic E-state index is -0.957. The van der Waals surface area contributed by atoms with Gasteiger partial charge in [-0.25, -0.2) is 4.79 Å². The summed E-state index contributed by atoms with van der Waals surface area (Å²) in [6, 6.07) is -0.130. The first-order chi connectivity index (χ1) is 8.66. The Morgan fingerprint density at radius 1 is 1.33 bits per heavy atom. The van der Waals surface area contributed by atoms with Gasteiger partial charge in [0.25, 0.3) is 0 Å². The predicted octanol–water partition coefficient (Wildman–Crippen LogP) is 0.672. The fraction of sp³-hybridized carbons (Fsp3) is 0.833. The van der Waals surface area contributed by atoms with E-state index in [9.17, 15) is 9.59 Å². The Kier molecular flexibility index (Phi) is 4.41. The van der Waals surface area contributed by atoms with E-state index >= 15 is 0 Å². The van der Waals surface area contributed by atoms with Gasteiger partial charge in [-0.05, 0) is 31.6 Å². The molecule has 1 heterocycles. The zero-order chi connectivity index (χ0) is 13.0. The molecule has 1 unspecified atom stereocenters. The Balaban J connectivity index is 1.69. The molecule has 1 aliphatic carbocycles. The summed E-state index contributed by atoms with van der Waals surface area (Å²) >= 11 is 0. The molecule has 2 rings (SSSR count). The lowest BCUT2D eigenvalue weighted by Crippen LogP contribution is -2.44. The lowest BCUT2D eigenvalue weighted by molar-refractivity contribution is -0.137. The third-order valence-corrected chi connectivity index (χ3v) is 3.41. The molecular weight excluding hydrogens is 236 g/mol. The number of hydrogen-bond donors (Lipinski definition) is 2. The number of aliphatic carboxylic acids is 1. The van der Waals surface area contributed by atoms with Crippen LogP contribution in [0.1, 0.15) is 25.7 Å². The van der Waals surface area contributed by atoms with E-state index in [0.717, 1.165) is 38.9 Å². The zero-order valence-corrected chi connectivity index (χ0v) is 10.4. The van der Waals surface area contributed by atoms with Gasteiger partial charge in [-0.15, -0.1) is 0 Å². The minimum Gasteiger partial charge on any atom is -0.480 e. The largest absolute Gasteiger partial charge is 0.480 e. The van der Waals surface area contributed by atoms with Crippen LogP contribution in [0.25, 0.3) is 0 Å². The highest BCUT2D eigenvalue weighted by Crippen LogP contribution is 2.26. The number of carboxylic acids is 1. The van der Waals surface area contributed by atoms with Gasteiger partial charge < -0.3 is 20.1 Å². The monoisotopic (exact) mass is 256 g/mol. The van der Waals surface area contributed by atoms with Gasteiger partial charge in [0.05, 0.1) is 0 Å². The van der Waals surface area contributed by atoms with Crippen molar-refractivity contribution in [3.8, 4) is 0 Å². The molecule has 2 fully saturated rings. The number of rotatable bonds is 6. The second kappa shape index (κ2) is 6.04. The SMILES string of the molecule is O=C(O)CN(C(=O)NCCC1CCOC1)C1CC1. The molecule has 2 amide bonds. The second-order valence-electron chi connectivity index (χ2n) is 5.00. The highest BCUT2D eigenvalue weighted by Gasteiger charge is 2.33. The molecule has 0 aromatic carbocycles. The van der Waals surface area contributed by atoms with Crippen molar-refractivity contribution in [1.82, 2.24) is 10.2 Å². The Bertz CT molecular complexity index is 311. The van der Waals surface area contributed by atoms with Gasteiger partial charge in [-0.1, -0.05) is 0 Å². The molecule has 2 N–H and O–H groups in total. The first kappa shape index (κ1) is 13.1. The van der Waals surface area contributed by atoms with Gasteiger partial charge in [0.1, 0.15) is 6.54 Å². The predicted molar refractivity (Wildman–Crippen MR) is 64.3 cm³/mol. The first-order valence-corrected chi connectivity index (χ1v) is 6.51. The maximum Gasteiger partial charge on any atom is 0.323 e. The molecular formula is C12H20N2O4. The van der Waals surface area contributed by atoms with Gasteiger partial charge in [0, 0.05) is 25.8 Å². The normalized spacial score (nSPS) is 22.8. The summed E-state index contributed by atoms with van der Waals surface area (Å²) in [5, 5.41) is 11.6. The number of ether oxygens (including phenoxy) is 1. The molecule has 0 spiro atoms. The van der Waals surface area contributed by atoms with Crippen molar-refractivity contribution in [3.05, 3.63) is 0 Å². The first-order valence-electron chi connectivity index (χ1n) is 6.51. The third-order valence-electron chi connectivity index (χ3n) is 3.41. The van der Waals surface area contributed by atoms with Crippen molar-refractivity contribution in [2.75, 3.05) is 26.3 Å². The van der Waals surface area contributed by atoms with Gasteiger partial charge in [0.2, 0.25) is 0 Å². The molecule has 1 saturated carbocycles. The summed E-state index contributed by atoms with van der Waals surface area (Å²) in [4.78, 5) is 24.0. The van der Waals surface area contributed by atoms with Crippen molar-refractivity contribution in [3.63, 3.8) is 0 Å². The molecule has 0 bridgehead atoms. The topological polar surface area (TPSA) is 78.9 Å². The maximum absolute atomic E-state index is 11.9. The fourth-order valence-electron chi connectivity index (χ4n) is 2.19. The van der Waals surface area contributed by atoms with E-state index in [4.69, 9.17) is 9.84 Å². The number of carbonyl (C=O) groups is 2. The summed E-state index contributed by atoms with van der Waals surface area (Å²) in [5.41, 5.74) is 0. The van der Waals surface area contributed by atoms with Gasteiger partial charge >= 0.3 is 12.0 Å². The number of carboxylic acid groups (broad SMARTS) is 1. The molecule has 1 aliphatic heterocycles. The lowest BCUT2D eigenvalue weighted by Gasteiger charge is -2.21. The van der Waals surface area contributed by atoms with Gasteiger partial charge in [0.15, 0.2) is 0 Å². The van der Waals surface area contributed by atoms with Crippen LogP contribution in [-0.2, 0) is 9.53 Å². The van der Waals surface area contributed by atoms with Gasteiger partial charge in [-0.2, -0.15) is 0 Å². The Morgan fingerprint density at radius 3 is 2.67 bits per heavy atom. The van der Waals surface area contributed by atoms with Crippen LogP contribution >= 0.6 is 0 Å². The molecule has 2 aliphatic rings. The molecule has 1 saturated heterocycles. The number of hydrogen-bond acceptors (Lipinski definition) is 3. The number of nitrogens with zero attached hydrogens (tertiary/aromatic N) is 1. The lowest BCUT2D eigenvalue weighted by atomic mass is 10.1. The van der Waals surface area contributed by atoms with Crippen molar-refractivity contribution in [2.45, 2.75) is 31.7 Å². The van der Waals surface area contributed by atoms with Crippen LogP contribution < -0.4 is 5.32 Å². The molecule has 1 atom stereocenters. The third kappa shape index (κ3) is 3.87. The summed E-state index contributed by atoms with van der Waals surface area (Å²) < 4.78 is 5.26. The second-order valence-corrected chi connectivity index (χ2v) is 5.00. The standard InChI is InChI=1S/C12H20N2O4/c15-11(16)7-14(10-1-2-10)12(17)13-5-3-9-4-6-18-8-9/h9-10H,1-8H2,(H,13,17)(H,15,16). The minimum absolute atomic E-state index is 0.121. The Morgan fingerprint density at radius 2 is 2.11 bits per heavy atom. The van der Waals surface area contributed by atoms with Crippen LogP contribution in [0.4, 0.5) is 4.79 Å². The summed E-state index contributed by atoms with van der Waals surface area (Å²) in [7, 11) is 0. The summed E-state index contributed by atoms with van der Waals surface area (Å²) in [5.74, 6) is -0.430. The van der Waals surface area contributed by atoms with Crippen LogP contribution in [0.5, 0.6) is 0 Å². The molecule has 18 heavy (non-hydrogen) atoms. The fourth-order valence-corrected chi connectivity index (χ4v) is 2.19. The number of amides is 2. The Labute approximate surface area is 106 Å². The summed E-state index contributed by atoms with van der Waals surface area (Å²) in [6.07, 6.45) is 3.78. The van der Waals surface area contributed by atoms with Crippen molar-refractivity contribution in [1.29, 1.82) is 0 Å². The van der Waals surface area contributed by atoms with Crippen LogP contribution in [0.15, 0.2) is 0 Å². The van der Waals surface area contributed by atoms with E-state index < -0.39 is 5.97 Å². The van der Waals surface area contributed by atoms with Crippen molar-refractivity contribution >= 4 is 12.0 Å². The van der Waals surface area contributed by atoms with Gasteiger partial charge in [-0.3, -0.25) is 4.79 Å². The number of urea groups is 1. The van der Waals surface area contributed by atoms with E-state index in [1.54, 1.807) is 0 Å². The number of nitrogens with one attached hydrogen (secondary N) is 1. The maximum atomic E-state index is 11.9. The van der Waals surface area contributed by atoms with E-state index in [1.807, 2.05) is 0 Å². The van der Waals surface area contributed by atoms with Crippen LogP contribution in [0.2, 0.25) is 0 Å². The van der Waals surface area contributed by atoms with Crippen molar-refractivity contribution in [2.24, 2.45) is 5.92 Å². The van der Waals surface area contributed by atoms with Crippen LogP contribution in [0, 0.1) is 5.92 Å². The smallest absolute Gasteiger partial charge is 0.323 e. The zero-order valence-electron chi connectivity index (χ0n) is 10.4. The average Bonchev–Trinajstić information content (AvgIpc) is 3.03. The molecule has 0 radical (unpaired) electrons. The van der Waals surface area contributed by atoms with Crippen LogP contribution in [-0.4, -0.2) is 54.4 Å². The Hall–Kier alpha value is -1.30. The molecule has 6 heteroatoms. The number of carbonyl (C=O) groups excluding carboxylic acids is 1. The highest BCUT2D eigenvalue weighted by molar-refractivity contribution is 5.80. The average molecular weight is 256 g/mol. The van der Waals surface area contributed by atoms with E-state index in [0.29, 0.717) is 12.5 Å². The highest BCUT2D eigenvalue weighted by atomic mass is 16.5. The molecule has 0 aromatic heterocycles. The van der Waals surface area contributed by atoms with E-state index in [1.165, 1.54) is 4.90 Å². The van der Waals surface area contributed by atoms with E-state index in [-0.39, 0.29) is 18.6 Å². The van der Waals surface area contributed by atoms with E-state index in [2.05, 4.69) is 5.32 Å². The van der Waals surface area contributed by atoms with Crippen molar-refractivity contribution < 1.29 is 19.4 Å². The van der Waals surface area contributed by atoms with Crippen LogP contribution in [0.3, 0.4) is 0 Å². The molecule has 0 aromatic rings. The molecule has 6 nitrogen and oxygen atoms in total.